The molecule has 1 aliphatic heterocycles. The third-order valence-corrected chi connectivity index (χ3v) is 6.65. The summed E-state index contributed by atoms with van der Waals surface area (Å²) < 4.78 is 5.98. The fourth-order valence-electron chi connectivity index (χ4n) is 4.20. The van der Waals surface area contributed by atoms with Crippen LogP contribution in [0.15, 0.2) is 76.7 Å². The number of nitrogens with zero attached hydrogens (tertiary/aromatic N) is 4. The van der Waals surface area contributed by atoms with Crippen LogP contribution in [0.5, 0.6) is 5.75 Å². The van der Waals surface area contributed by atoms with Gasteiger partial charge in [-0.2, -0.15) is 11.3 Å². The van der Waals surface area contributed by atoms with Crippen molar-refractivity contribution < 1.29 is 19.4 Å². The average Bonchev–Trinajstić information content (AvgIpc) is 3.65. The Morgan fingerprint density at radius 1 is 1.14 bits per heavy atom. The Labute approximate surface area is 211 Å². The Morgan fingerprint density at radius 3 is 2.58 bits per heavy atom. The second-order valence-corrected chi connectivity index (χ2v) is 9.37. The lowest BCUT2D eigenvalue weighted by Crippen LogP contribution is -2.31. The van der Waals surface area contributed by atoms with Gasteiger partial charge >= 0.3 is 0 Å². The first-order chi connectivity index (χ1) is 17.5. The summed E-state index contributed by atoms with van der Waals surface area (Å²) in [6.07, 6.45) is 0. The number of para-hydroxylation sites is 1. The summed E-state index contributed by atoms with van der Waals surface area (Å²) in [5.41, 5.74) is 3.25. The third-order valence-electron chi connectivity index (χ3n) is 5.97. The molecule has 5 rings (SSSR count). The van der Waals surface area contributed by atoms with E-state index in [1.165, 1.54) is 4.90 Å². The third kappa shape index (κ3) is 4.27. The number of aromatic amines is 1. The minimum Gasteiger partial charge on any atom is -0.503 e. The van der Waals surface area contributed by atoms with Crippen LogP contribution in [0.3, 0.4) is 0 Å². The average molecular weight is 502 g/mol. The van der Waals surface area contributed by atoms with E-state index in [0.717, 1.165) is 11.1 Å². The number of hydrogen-bond donors (Lipinski definition) is 2. The summed E-state index contributed by atoms with van der Waals surface area (Å²) in [5.74, 6) is -1.05. The van der Waals surface area contributed by atoms with Crippen molar-refractivity contribution >= 4 is 28.7 Å². The van der Waals surface area contributed by atoms with Crippen LogP contribution in [0, 0.1) is 5.92 Å². The lowest BCUT2D eigenvalue weighted by atomic mass is 9.90. The minimum absolute atomic E-state index is 0.0503. The molecular formula is C26H23N5O4S. The number of aliphatic hydroxyl groups is 1. The number of rotatable bonds is 8. The minimum atomic E-state index is -0.872. The highest BCUT2D eigenvalue weighted by Crippen LogP contribution is 2.45. The molecule has 0 radical (unpaired) electrons. The molecule has 0 spiro atoms. The summed E-state index contributed by atoms with van der Waals surface area (Å²) in [4.78, 5) is 28.1. The molecule has 0 aliphatic carbocycles. The lowest BCUT2D eigenvalue weighted by Gasteiger charge is -2.28. The molecule has 182 valence electrons. The summed E-state index contributed by atoms with van der Waals surface area (Å²) in [7, 11) is 0. The molecule has 36 heavy (non-hydrogen) atoms. The second-order valence-electron chi connectivity index (χ2n) is 8.59. The van der Waals surface area contributed by atoms with E-state index in [0.29, 0.717) is 22.8 Å². The van der Waals surface area contributed by atoms with Crippen molar-refractivity contribution in [3.63, 3.8) is 0 Å². The van der Waals surface area contributed by atoms with Gasteiger partial charge in [0.2, 0.25) is 0 Å². The Kier molecular flexibility index (Phi) is 6.34. The molecule has 3 heterocycles. The zero-order valence-electron chi connectivity index (χ0n) is 19.6. The highest BCUT2D eigenvalue weighted by molar-refractivity contribution is 7.08. The van der Waals surface area contributed by atoms with Gasteiger partial charge in [-0.25, -0.2) is 5.10 Å². The van der Waals surface area contributed by atoms with Crippen LogP contribution in [0.1, 0.15) is 31.3 Å². The van der Waals surface area contributed by atoms with Crippen molar-refractivity contribution in [3.8, 4) is 16.9 Å². The Morgan fingerprint density at radius 2 is 1.92 bits per heavy atom. The predicted molar refractivity (Wildman–Crippen MR) is 134 cm³/mol. The Hall–Kier alpha value is -4.31. The van der Waals surface area contributed by atoms with Crippen LogP contribution in [0.2, 0.25) is 0 Å². The maximum Gasteiger partial charge on any atom is 0.294 e. The number of nitrogens with one attached hydrogen (secondary N) is 1. The Balaban J connectivity index is 1.58. The van der Waals surface area contributed by atoms with Crippen molar-refractivity contribution in [2.45, 2.75) is 26.5 Å². The van der Waals surface area contributed by atoms with Crippen molar-refractivity contribution in [1.82, 2.24) is 20.6 Å². The smallest absolute Gasteiger partial charge is 0.294 e. The largest absolute Gasteiger partial charge is 0.503 e. The number of H-pyrrole nitrogens is 1. The van der Waals surface area contributed by atoms with Gasteiger partial charge in [0.15, 0.2) is 17.4 Å². The van der Waals surface area contributed by atoms with Gasteiger partial charge in [-0.1, -0.05) is 44.2 Å². The molecule has 9 nitrogen and oxygen atoms in total. The monoisotopic (exact) mass is 501 g/mol. The second kappa shape index (κ2) is 9.74. The van der Waals surface area contributed by atoms with E-state index >= 15 is 0 Å². The van der Waals surface area contributed by atoms with E-state index in [-0.39, 0.29) is 18.0 Å². The highest BCUT2D eigenvalue weighted by Gasteiger charge is 2.45. The summed E-state index contributed by atoms with van der Waals surface area (Å²) >= 11 is 1.60. The van der Waals surface area contributed by atoms with Crippen molar-refractivity contribution in [3.05, 3.63) is 88.1 Å². The molecule has 2 N–H and O–H groups in total. The number of aromatic nitrogens is 4. The maximum absolute atomic E-state index is 13.4. The van der Waals surface area contributed by atoms with Crippen LogP contribution >= 0.6 is 11.3 Å². The number of benzene rings is 2. The molecule has 0 saturated heterocycles. The summed E-state index contributed by atoms with van der Waals surface area (Å²) in [6, 6.07) is 15.7. The lowest BCUT2D eigenvalue weighted by molar-refractivity contribution is -0.119. The number of anilines is 1. The molecule has 0 fully saturated rings. The van der Waals surface area contributed by atoms with Crippen LogP contribution < -0.4 is 9.64 Å². The zero-order chi connectivity index (χ0) is 25.2. The van der Waals surface area contributed by atoms with Crippen LogP contribution in [-0.2, 0) is 16.2 Å². The molecule has 1 amide bonds. The van der Waals surface area contributed by atoms with Crippen LogP contribution in [0.4, 0.5) is 5.69 Å². The van der Waals surface area contributed by atoms with Gasteiger partial charge in [-0.05, 0) is 56.6 Å². The van der Waals surface area contributed by atoms with Crippen molar-refractivity contribution in [2.24, 2.45) is 5.92 Å². The van der Waals surface area contributed by atoms with Gasteiger partial charge in [0.1, 0.15) is 12.4 Å². The number of ketones is 1. The highest BCUT2D eigenvalue weighted by atomic mass is 32.1. The van der Waals surface area contributed by atoms with Crippen LogP contribution in [0.25, 0.3) is 11.1 Å². The standard InChI is InChI=1S/C26H23N5O4S/c1-15(2)24(32)22-23(19-5-3-4-6-20(19)35-13-21-27-29-30-28-21)31(26(34)25(22)33)18-9-7-16(8-10-18)17-11-12-36-14-17/h3-12,14-15,23,33H,13H2,1-2H3,(H,27,28,29,30). The molecule has 0 bridgehead atoms. The topological polar surface area (TPSA) is 121 Å². The number of carbonyl (C=O) groups excluding carboxylic acids is 2. The molecule has 2 aromatic carbocycles. The molecule has 10 heteroatoms. The van der Waals surface area contributed by atoms with Gasteiger partial charge in [0, 0.05) is 17.2 Å². The number of ether oxygens (including phenoxy) is 1. The van der Waals surface area contributed by atoms with Gasteiger partial charge in [0.25, 0.3) is 5.91 Å². The first kappa shape index (κ1) is 23.4. The van der Waals surface area contributed by atoms with E-state index in [9.17, 15) is 14.7 Å². The fraction of sp³-hybridized carbons (Fsp3) is 0.192. The first-order valence-electron chi connectivity index (χ1n) is 11.3. The number of tetrazole rings is 1. The number of thiophene rings is 1. The molecule has 4 aromatic rings. The predicted octanol–water partition coefficient (Wildman–Crippen LogP) is 4.63. The zero-order valence-corrected chi connectivity index (χ0v) is 20.4. The van der Waals surface area contributed by atoms with Gasteiger partial charge in [0.05, 0.1) is 11.6 Å². The van der Waals surface area contributed by atoms with Crippen LogP contribution in [-0.4, -0.2) is 37.4 Å². The van der Waals surface area contributed by atoms with E-state index < -0.39 is 23.6 Å². The SMILES string of the molecule is CC(C)C(=O)C1=C(O)C(=O)N(c2ccc(-c3ccsc3)cc2)C1c1ccccc1OCc1nnn[nH]1. The summed E-state index contributed by atoms with van der Waals surface area (Å²) in [5, 5.41) is 28.5. The number of aliphatic hydroxyl groups excluding tert-OH is 1. The molecule has 1 aliphatic rings. The van der Waals surface area contributed by atoms with E-state index in [4.69, 9.17) is 4.74 Å². The maximum atomic E-state index is 13.4. The van der Waals surface area contributed by atoms with Gasteiger partial charge in [-0.3, -0.25) is 14.5 Å². The van der Waals surface area contributed by atoms with Gasteiger partial charge < -0.3 is 9.84 Å². The van der Waals surface area contributed by atoms with E-state index in [2.05, 4.69) is 20.6 Å². The van der Waals surface area contributed by atoms with E-state index in [1.54, 1.807) is 49.4 Å². The molecule has 0 saturated carbocycles. The first-order valence-corrected chi connectivity index (χ1v) is 12.3. The number of hydrogen-bond acceptors (Lipinski definition) is 8. The summed E-state index contributed by atoms with van der Waals surface area (Å²) in [6.45, 7) is 3.53. The molecule has 1 unspecified atom stereocenters. The van der Waals surface area contributed by atoms with Crippen molar-refractivity contribution in [1.29, 1.82) is 0 Å². The van der Waals surface area contributed by atoms with Crippen molar-refractivity contribution in [2.75, 3.05) is 4.90 Å². The number of Topliss-reactive ketones (excluding diaryl/α,β-unsaturated/α-hetero) is 1. The van der Waals surface area contributed by atoms with E-state index in [1.807, 2.05) is 41.1 Å². The number of carbonyl (C=O) groups is 2. The molecular weight excluding hydrogens is 478 g/mol. The number of amides is 1. The molecule has 1 atom stereocenters. The Bertz CT molecular complexity index is 1410. The van der Waals surface area contributed by atoms with Gasteiger partial charge in [-0.15, -0.1) is 5.10 Å². The normalized spacial score (nSPS) is 15.7. The fourth-order valence-corrected chi connectivity index (χ4v) is 4.86. The molecule has 2 aromatic heterocycles. The quantitative estimate of drug-likeness (QED) is 0.361.